The van der Waals surface area contributed by atoms with E-state index in [0.29, 0.717) is 6.04 Å². The van der Waals surface area contributed by atoms with Gasteiger partial charge in [0.2, 0.25) is 0 Å². The molecule has 76 valence electrons. The summed E-state index contributed by atoms with van der Waals surface area (Å²) >= 11 is 0. The summed E-state index contributed by atoms with van der Waals surface area (Å²) in [5.41, 5.74) is 5.76. The van der Waals surface area contributed by atoms with Crippen molar-refractivity contribution in [2.45, 2.75) is 32.2 Å². The molecule has 0 radical (unpaired) electrons. The molecule has 1 rings (SSSR count). The van der Waals surface area contributed by atoms with E-state index in [1.54, 1.807) is 0 Å². The van der Waals surface area contributed by atoms with E-state index in [4.69, 9.17) is 5.73 Å². The predicted octanol–water partition coefficient (Wildman–Crippen LogP) is 1.62. The molecule has 2 heteroatoms. The van der Waals surface area contributed by atoms with Crippen molar-refractivity contribution in [1.82, 2.24) is 4.90 Å². The summed E-state index contributed by atoms with van der Waals surface area (Å²) in [5.74, 6) is 0.898. The molecule has 2 unspecified atom stereocenters. The first kappa shape index (κ1) is 10.7. The molecule has 2 atom stereocenters. The summed E-state index contributed by atoms with van der Waals surface area (Å²) in [5, 5.41) is 0. The predicted molar refractivity (Wildman–Crippen MR) is 57.6 cm³/mol. The molecule has 0 aromatic rings. The second kappa shape index (κ2) is 5.40. The highest BCUT2D eigenvalue weighted by Crippen LogP contribution is 2.24. The quantitative estimate of drug-likeness (QED) is 0.669. The lowest BCUT2D eigenvalue weighted by molar-refractivity contribution is 0.128. The van der Waals surface area contributed by atoms with Crippen molar-refractivity contribution in [3.63, 3.8) is 0 Å². The average molecular weight is 182 g/mol. The van der Waals surface area contributed by atoms with Crippen LogP contribution < -0.4 is 5.73 Å². The maximum Gasteiger partial charge on any atom is 0.0224 e. The zero-order chi connectivity index (χ0) is 9.68. The van der Waals surface area contributed by atoms with Crippen LogP contribution >= 0.6 is 0 Å². The number of nitrogens with zero attached hydrogens (tertiary/aromatic N) is 1. The van der Waals surface area contributed by atoms with Crippen molar-refractivity contribution < 1.29 is 0 Å². The Labute approximate surface area is 81.8 Å². The van der Waals surface area contributed by atoms with Crippen molar-refractivity contribution >= 4 is 0 Å². The minimum absolute atomic E-state index is 0.594. The maximum absolute atomic E-state index is 5.76. The largest absolute Gasteiger partial charge is 0.329 e. The van der Waals surface area contributed by atoms with Crippen LogP contribution in [0.5, 0.6) is 0 Å². The van der Waals surface area contributed by atoms with Crippen LogP contribution in [0.25, 0.3) is 0 Å². The highest BCUT2D eigenvalue weighted by molar-refractivity contribution is 4.85. The molecule has 0 aromatic carbocycles. The van der Waals surface area contributed by atoms with Gasteiger partial charge in [0.25, 0.3) is 0 Å². The summed E-state index contributed by atoms with van der Waals surface area (Å²) < 4.78 is 0. The van der Waals surface area contributed by atoms with Gasteiger partial charge in [-0.15, -0.1) is 6.58 Å². The van der Waals surface area contributed by atoms with E-state index in [1.807, 2.05) is 6.08 Å². The normalized spacial score (nSPS) is 30.3. The van der Waals surface area contributed by atoms with Crippen molar-refractivity contribution in [2.75, 3.05) is 19.6 Å². The van der Waals surface area contributed by atoms with Crippen LogP contribution in [0, 0.1) is 5.92 Å². The fourth-order valence-corrected chi connectivity index (χ4v) is 2.20. The van der Waals surface area contributed by atoms with Crippen LogP contribution in [0.15, 0.2) is 12.7 Å². The standard InChI is InChI=1S/C11H22N2/c1-3-6-13-7-5-10(4-2)8-11(13)9-12/h3,10-11H,1,4-9,12H2,2H3. The maximum atomic E-state index is 5.76. The van der Waals surface area contributed by atoms with Gasteiger partial charge in [-0.05, 0) is 25.3 Å². The van der Waals surface area contributed by atoms with Gasteiger partial charge in [0.05, 0.1) is 0 Å². The molecule has 1 aliphatic rings. The van der Waals surface area contributed by atoms with E-state index < -0.39 is 0 Å². The Hall–Kier alpha value is -0.340. The Morgan fingerprint density at radius 1 is 1.62 bits per heavy atom. The molecule has 0 saturated carbocycles. The zero-order valence-corrected chi connectivity index (χ0v) is 8.71. The van der Waals surface area contributed by atoms with Gasteiger partial charge in [-0.1, -0.05) is 19.4 Å². The molecule has 0 bridgehead atoms. The van der Waals surface area contributed by atoms with E-state index in [2.05, 4.69) is 18.4 Å². The van der Waals surface area contributed by atoms with E-state index in [9.17, 15) is 0 Å². The lowest BCUT2D eigenvalue weighted by atomic mass is 9.89. The summed E-state index contributed by atoms with van der Waals surface area (Å²) in [7, 11) is 0. The molecule has 1 fully saturated rings. The second-order valence-electron chi connectivity index (χ2n) is 3.97. The third-order valence-corrected chi connectivity index (χ3v) is 3.16. The fourth-order valence-electron chi connectivity index (χ4n) is 2.20. The van der Waals surface area contributed by atoms with Crippen LogP contribution in [0.4, 0.5) is 0 Å². The minimum atomic E-state index is 0.594. The molecule has 0 spiro atoms. The molecule has 0 aromatic heterocycles. The van der Waals surface area contributed by atoms with Crippen molar-refractivity contribution in [3.05, 3.63) is 12.7 Å². The molecular weight excluding hydrogens is 160 g/mol. The van der Waals surface area contributed by atoms with Crippen LogP contribution in [-0.4, -0.2) is 30.6 Å². The lowest BCUT2D eigenvalue weighted by Crippen LogP contribution is -2.46. The average Bonchev–Trinajstić information content (AvgIpc) is 2.19. The number of hydrogen-bond acceptors (Lipinski definition) is 2. The van der Waals surface area contributed by atoms with Crippen molar-refractivity contribution in [3.8, 4) is 0 Å². The highest BCUT2D eigenvalue weighted by Gasteiger charge is 2.25. The first-order chi connectivity index (χ1) is 6.31. The number of nitrogens with two attached hydrogens (primary N) is 1. The van der Waals surface area contributed by atoms with E-state index in [-0.39, 0.29) is 0 Å². The van der Waals surface area contributed by atoms with Gasteiger partial charge >= 0.3 is 0 Å². The monoisotopic (exact) mass is 182 g/mol. The molecule has 1 saturated heterocycles. The molecule has 13 heavy (non-hydrogen) atoms. The number of likely N-dealkylation sites (tertiary alicyclic amines) is 1. The van der Waals surface area contributed by atoms with Crippen LogP contribution in [0.3, 0.4) is 0 Å². The van der Waals surface area contributed by atoms with Gasteiger partial charge in [-0.2, -0.15) is 0 Å². The summed E-state index contributed by atoms with van der Waals surface area (Å²) in [4.78, 5) is 2.46. The first-order valence-electron chi connectivity index (χ1n) is 5.36. The lowest BCUT2D eigenvalue weighted by Gasteiger charge is -2.38. The van der Waals surface area contributed by atoms with E-state index in [1.165, 1.54) is 25.8 Å². The minimum Gasteiger partial charge on any atom is -0.329 e. The van der Waals surface area contributed by atoms with E-state index >= 15 is 0 Å². The van der Waals surface area contributed by atoms with Gasteiger partial charge in [0.15, 0.2) is 0 Å². The van der Waals surface area contributed by atoms with Crippen LogP contribution in [0.2, 0.25) is 0 Å². The third-order valence-electron chi connectivity index (χ3n) is 3.16. The molecule has 0 aliphatic carbocycles. The third kappa shape index (κ3) is 2.82. The molecule has 2 N–H and O–H groups in total. The first-order valence-corrected chi connectivity index (χ1v) is 5.36. The van der Waals surface area contributed by atoms with Crippen LogP contribution in [0.1, 0.15) is 26.2 Å². The van der Waals surface area contributed by atoms with Crippen molar-refractivity contribution in [2.24, 2.45) is 11.7 Å². The Kier molecular flexibility index (Phi) is 4.46. The Morgan fingerprint density at radius 3 is 2.92 bits per heavy atom. The Morgan fingerprint density at radius 2 is 2.38 bits per heavy atom. The zero-order valence-electron chi connectivity index (χ0n) is 8.71. The number of rotatable bonds is 4. The van der Waals surface area contributed by atoms with Crippen LogP contribution in [-0.2, 0) is 0 Å². The number of piperidine rings is 1. The smallest absolute Gasteiger partial charge is 0.0224 e. The summed E-state index contributed by atoms with van der Waals surface area (Å²) in [6.45, 7) is 9.05. The Balaban J connectivity index is 2.44. The second-order valence-corrected chi connectivity index (χ2v) is 3.97. The molecule has 1 heterocycles. The van der Waals surface area contributed by atoms with Gasteiger partial charge < -0.3 is 5.73 Å². The van der Waals surface area contributed by atoms with Gasteiger partial charge in [0, 0.05) is 19.1 Å². The van der Waals surface area contributed by atoms with Gasteiger partial charge in [0.1, 0.15) is 0 Å². The number of hydrogen-bond donors (Lipinski definition) is 1. The summed E-state index contributed by atoms with van der Waals surface area (Å²) in [6.07, 6.45) is 5.90. The molecule has 1 aliphatic heterocycles. The molecular formula is C11H22N2. The van der Waals surface area contributed by atoms with Gasteiger partial charge in [-0.25, -0.2) is 0 Å². The summed E-state index contributed by atoms with van der Waals surface area (Å²) in [6, 6.07) is 0.594. The SMILES string of the molecule is C=CCN1CCC(CC)CC1CN. The topological polar surface area (TPSA) is 29.3 Å². The van der Waals surface area contributed by atoms with E-state index in [0.717, 1.165) is 19.0 Å². The molecule has 2 nitrogen and oxygen atoms in total. The fraction of sp³-hybridized carbons (Fsp3) is 0.818. The molecule has 0 amide bonds. The highest BCUT2D eigenvalue weighted by atomic mass is 15.2. The Bertz CT molecular complexity index is 156. The van der Waals surface area contributed by atoms with Crippen molar-refractivity contribution in [1.29, 1.82) is 0 Å². The van der Waals surface area contributed by atoms with Gasteiger partial charge in [-0.3, -0.25) is 4.90 Å².